The zero-order valence-electron chi connectivity index (χ0n) is 16.8. The molecule has 4 nitrogen and oxygen atoms in total. The lowest BCUT2D eigenvalue weighted by molar-refractivity contribution is -0.177. The van der Waals surface area contributed by atoms with E-state index in [0.717, 1.165) is 18.4 Å². The summed E-state index contributed by atoms with van der Waals surface area (Å²) < 4.78 is 17.9. The van der Waals surface area contributed by atoms with Crippen molar-refractivity contribution in [3.8, 4) is 0 Å². The fourth-order valence-corrected chi connectivity index (χ4v) is 3.63. The highest BCUT2D eigenvalue weighted by Crippen LogP contribution is 2.36. The molecule has 1 heterocycles. The van der Waals surface area contributed by atoms with Crippen molar-refractivity contribution >= 4 is 8.32 Å². The predicted molar refractivity (Wildman–Crippen MR) is 107 cm³/mol. The Balaban J connectivity index is 1.74. The minimum Gasteiger partial charge on any atom is -0.417 e. The first-order chi connectivity index (χ1) is 12.2. The van der Waals surface area contributed by atoms with Crippen LogP contribution in [0.25, 0.3) is 0 Å². The summed E-state index contributed by atoms with van der Waals surface area (Å²) in [4.78, 5) is 0. The summed E-state index contributed by atoms with van der Waals surface area (Å²) in [5, 5.41) is 10.4. The second-order valence-electron chi connectivity index (χ2n) is 8.47. The number of hydrogen-bond donors (Lipinski definition) is 1. The highest BCUT2D eigenvalue weighted by atomic mass is 28.4. The number of benzene rings is 1. The van der Waals surface area contributed by atoms with Crippen LogP contribution in [0, 0.1) is 0 Å². The van der Waals surface area contributed by atoms with E-state index >= 15 is 0 Å². The van der Waals surface area contributed by atoms with Gasteiger partial charge in [0.2, 0.25) is 0 Å². The summed E-state index contributed by atoms with van der Waals surface area (Å²) in [5.41, 5.74) is 1.11. The molecule has 0 saturated heterocycles. The molecule has 1 N–H and O–H groups in total. The molecule has 146 valence electrons. The van der Waals surface area contributed by atoms with Gasteiger partial charge in [0.15, 0.2) is 14.6 Å². The smallest absolute Gasteiger partial charge is 0.191 e. The topological polar surface area (TPSA) is 47.9 Å². The molecule has 0 aliphatic carbocycles. The summed E-state index contributed by atoms with van der Waals surface area (Å²) in [6.45, 7) is 12.5. The SMILES string of the molecule is CC(C)(C)[Si](C)(C)OCCC[C@@H]1O[C@@H](OCc2ccccc2)C=C[C@H]1O. The quantitative estimate of drug-likeness (QED) is 0.406. The van der Waals surface area contributed by atoms with Gasteiger partial charge in [-0.3, -0.25) is 0 Å². The van der Waals surface area contributed by atoms with Gasteiger partial charge in [-0.05, 0) is 42.6 Å². The minimum absolute atomic E-state index is 0.215. The van der Waals surface area contributed by atoms with Crippen LogP contribution in [-0.4, -0.2) is 38.5 Å². The summed E-state index contributed by atoms with van der Waals surface area (Å²) in [6, 6.07) is 10.0. The summed E-state index contributed by atoms with van der Waals surface area (Å²) in [7, 11) is -1.71. The first kappa shape index (κ1) is 21.3. The van der Waals surface area contributed by atoms with E-state index in [0.29, 0.717) is 13.2 Å². The Hall–Kier alpha value is -0.983. The molecule has 0 bridgehead atoms. The first-order valence-electron chi connectivity index (χ1n) is 9.50. The normalized spacial score (nSPS) is 24.0. The van der Waals surface area contributed by atoms with Gasteiger partial charge in [0.05, 0.1) is 18.8 Å². The molecular formula is C21H34O4Si. The molecule has 5 heteroatoms. The molecule has 0 spiro atoms. The van der Waals surface area contributed by atoms with Gasteiger partial charge < -0.3 is 19.0 Å². The Kier molecular flexibility index (Phi) is 7.61. The van der Waals surface area contributed by atoms with Crippen molar-refractivity contribution in [2.45, 2.75) is 76.8 Å². The van der Waals surface area contributed by atoms with Crippen molar-refractivity contribution in [2.75, 3.05) is 6.61 Å². The monoisotopic (exact) mass is 378 g/mol. The third kappa shape index (κ3) is 6.32. The summed E-state index contributed by atoms with van der Waals surface area (Å²) >= 11 is 0. The molecule has 0 fully saturated rings. The van der Waals surface area contributed by atoms with Gasteiger partial charge in [-0.15, -0.1) is 0 Å². The van der Waals surface area contributed by atoms with Gasteiger partial charge in [-0.1, -0.05) is 57.2 Å². The highest BCUT2D eigenvalue weighted by Gasteiger charge is 2.37. The molecule has 0 aromatic heterocycles. The van der Waals surface area contributed by atoms with Crippen LogP contribution in [0.15, 0.2) is 42.5 Å². The molecule has 1 aliphatic rings. The van der Waals surface area contributed by atoms with E-state index in [9.17, 15) is 5.11 Å². The summed E-state index contributed by atoms with van der Waals surface area (Å²) in [6.07, 6.45) is 3.95. The van der Waals surface area contributed by atoms with Gasteiger partial charge in [0.1, 0.15) is 0 Å². The molecule has 2 rings (SSSR count). The second-order valence-corrected chi connectivity index (χ2v) is 13.3. The molecular weight excluding hydrogens is 344 g/mol. The first-order valence-corrected chi connectivity index (χ1v) is 12.4. The van der Waals surface area contributed by atoms with Gasteiger partial charge >= 0.3 is 0 Å². The molecule has 1 aromatic carbocycles. The van der Waals surface area contributed by atoms with Crippen LogP contribution in [-0.2, 0) is 20.5 Å². The van der Waals surface area contributed by atoms with E-state index < -0.39 is 20.7 Å². The Morgan fingerprint density at radius 1 is 1.12 bits per heavy atom. The van der Waals surface area contributed by atoms with Crippen molar-refractivity contribution in [3.05, 3.63) is 48.0 Å². The lowest BCUT2D eigenvalue weighted by atomic mass is 10.1. The molecule has 0 unspecified atom stereocenters. The van der Waals surface area contributed by atoms with Crippen LogP contribution in [0.2, 0.25) is 18.1 Å². The van der Waals surface area contributed by atoms with Crippen molar-refractivity contribution in [1.29, 1.82) is 0 Å². The average Bonchev–Trinajstić information content (AvgIpc) is 2.59. The van der Waals surface area contributed by atoms with Crippen molar-refractivity contribution in [1.82, 2.24) is 0 Å². The molecule has 3 atom stereocenters. The average molecular weight is 379 g/mol. The molecule has 26 heavy (non-hydrogen) atoms. The van der Waals surface area contributed by atoms with Gasteiger partial charge in [-0.2, -0.15) is 0 Å². The van der Waals surface area contributed by atoms with Crippen molar-refractivity contribution in [2.24, 2.45) is 0 Å². The molecule has 0 saturated carbocycles. The van der Waals surface area contributed by atoms with Crippen LogP contribution in [0.5, 0.6) is 0 Å². The van der Waals surface area contributed by atoms with Crippen LogP contribution in [0.1, 0.15) is 39.2 Å². The number of ether oxygens (including phenoxy) is 2. The fourth-order valence-electron chi connectivity index (χ4n) is 2.54. The Morgan fingerprint density at radius 2 is 1.81 bits per heavy atom. The number of aliphatic hydroxyl groups excluding tert-OH is 1. The van der Waals surface area contributed by atoms with Crippen LogP contribution < -0.4 is 0 Å². The second kappa shape index (κ2) is 9.29. The number of aliphatic hydroxyl groups is 1. The lowest BCUT2D eigenvalue weighted by Gasteiger charge is -2.36. The maximum absolute atomic E-state index is 10.2. The summed E-state index contributed by atoms with van der Waals surface area (Å²) in [5.74, 6) is 0. The van der Waals surface area contributed by atoms with Gasteiger partial charge in [-0.25, -0.2) is 0 Å². The third-order valence-electron chi connectivity index (χ3n) is 5.31. The lowest BCUT2D eigenvalue weighted by Crippen LogP contribution is -2.41. The van der Waals surface area contributed by atoms with E-state index in [2.05, 4.69) is 33.9 Å². The van der Waals surface area contributed by atoms with Gasteiger partial charge in [0, 0.05) is 6.61 Å². The molecule has 0 amide bonds. The number of hydrogen-bond acceptors (Lipinski definition) is 4. The third-order valence-corrected chi connectivity index (χ3v) is 9.85. The van der Waals surface area contributed by atoms with Crippen LogP contribution in [0.4, 0.5) is 0 Å². The van der Waals surface area contributed by atoms with Crippen LogP contribution >= 0.6 is 0 Å². The molecule has 1 aliphatic heterocycles. The largest absolute Gasteiger partial charge is 0.417 e. The maximum atomic E-state index is 10.2. The predicted octanol–water partition coefficient (Wildman–Crippen LogP) is 4.65. The zero-order chi connectivity index (χ0) is 19.2. The highest BCUT2D eigenvalue weighted by molar-refractivity contribution is 6.74. The Morgan fingerprint density at radius 3 is 2.46 bits per heavy atom. The number of rotatable bonds is 8. The van der Waals surface area contributed by atoms with E-state index in [1.54, 1.807) is 12.2 Å². The van der Waals surface area contributed by atoms with Gasteiger partial charge in [0.25, 0.3) is 0 Å². The van der Waals surface area contributed by atoms with Crippen molar-refractivity contribution in [3.63, 3.8) is 0 Å². The van der Waals surface area contributed by atoms with E-state index in [1.807, 2.05) is 30.3 Å². The fraction of sp³-hybridized carbons (Fsp3) is 0.619. The molecule has 1 aromatic rings. The van der Waals surface area contributed by atoms with E-state index in [4.69, 9.17) is 13.9 Å². The maximum Gasteiger partial charge on any atom is 0.191 e. The zero-order valence-corrected chi connectivity index (χ0v) is 17.8. The molecule has 0 radical (unpaired) electrons. The van der Waals surface area contributed by atoms with E-state index in [1.165, 1.54) is 0 Å². The minimum atomic E-state index is -1.71. The van der Waals surface area contributed by atoms with Crippen LogP contribution in [0.3, 0.4) is 0 Å². The van der Waals surface area contributed by atoms with Crippen molar-refractivity contribution < 1.29 is 19.0 Å². The van der Waals surface area contributed by atoms with E-state index in [-0.39, 0.29) is 11.1 Å². The standard InChI is InChI=1S/C21H34O4Si/c1-21(2,3)26(4,5)24-15-9-12-19-18(22)13-14-20(25-19)23-16-17-10-7-6-8-11-17/h6-8,10-11,13-14,18-20,22H,9,12,15-16H2,1-5H3/t18-,19+,20-/m1/s1. The Bertz CT molecular complexity index is 565. The Labute approximate surface area is 159 Å².